The van der Waals surface area contributed by atoms with Crippen molar-refractivity contribution >= 4 is 17.2 Å². The van der Waals surface area contributed by atoms with E-state index >= 15 is 0 Å². The van der Waals surface area contributed by atoms with Gasteiger partial charge in [0, 0.05) is 24.5 Å². The molecular formula is C16H24N2OS. The minimum Gasteiger partial charge on any atom is -0.337 e. The largest absolute Gasteiger partial charge is 0.337 e. The zero-order chi connectivity index (χ0) is 13.8. The molecule has 0 bridgehead atoms. The van der Waals surface area contributed by atoms with Gasteiger partial charge in [0.15, 0.2) is 0 Å². The molecule has 0 radical (unpaired) electrons. The van der Waals surface area contributed by atoms with Crippen LogP contribution in [0.2, 0.25) is 0 Å². The van der Waals surface area contributed by atoms with Crippen LogP contribution >= 0.6 is 11.3 Å². The normalized spacial score (nSPS) is 20.7. The summed E-state index contributed by atoms with van der Waals surface area (Å²) < 4.78 is 0. The molecule has 1 saturated heterocycles. The fraction of sp³-hybridized carbons (Fsp3) is 0.688. The van der Waals surface area contributed by atoms with Crippen LogP contribution in [-0.2, 0) is 12.8 Å². The standard InChI is InChI=1S/C16H24N2OS/c19-16(18-10-5-8-17-9-11-18)15-12-13-6-3-1-2-4-7-14(13)20-15/h12,17H,1-11H2. The lowest BCUT2D eigenvalue weighted by atomic mass is 10.00. The van der Waals surface area contributed by atoms with Gasteiger partial charge in [-0.25, -0.2) is 0 Å². The summed E-state index contributed by atoms with van der Waals surface area (Å²) in [4.78, 5) is 17.1. The van der Waals surface area contributed by atoms with Crippen LogP contribution in [0.4, 0.5) is 0 Å². The molecular weight excluding hydrogens is 268 g/mol. The number of nitrogens with zero attached hydrogens (tertiary/aromatic N) is 1. The van der Waals surface area contributed by atoms with Gasteiger partial charge in [-0.3, -0.25) is 4.79 Å². The SMILES string of the molecule is O=C(c1cc2c(s1)CCCCCC2)N1CCCNCC1. The second-order valence-electron chi connectivity index (χ2n) is 5.87. The molecule has 1 fully saturated rings. The van der Waals surface area contributed by atoms with Gasteiger partial charge in [0.25, 0.3) is 5.91 Å². The average Bonchev–Trinajstić information content (AvgIpc) is 2.65. The maximum Gasteiger partial charge on any atom is 0.263 e. The molecule has 110 valence electrons. The first-order valence-electron chi connectivity index (χ1n) is 7.96. The summed E-state index contributed by atoms with van der Waals surface area (Å²) in [5.74, 6) is 0.255. The van der Waals surface area contributed by atoms with Crippen molar-refractivity contribution in [1.29, 1.82) is 0 Å². The van der Waals surface area contributed by atoms with E-state index in [1.807, 2.05) is 4.90 Å². The highest BCUT2D eigenvalue weighted by Gasteiger charge is 2.21. The molecule has 2 aliphatic rings. The van der Waals surface area contributed by atoms with Gasteiger partial charge in [-0.15, -0.1) is 11.3 Å². The molecule has 1 amide bonds. The molecule has 3 nitrogen and oxygen atoms in total. The second-order valence-corrected chi connectivity index (χ2v) is 7.01. The summed E-state index contributed by atoms with van der Waals surface area (Å²) in [5.41, 5.74) is 1.45. The van der Waals surface area contributed by atoms with E-state index < -0.39 is 0 Å². The predicted octanol–water partition coefficient (Wildman–Crippen LogP) is 2.84. The molecule has 1 aromatic rings. The number of nitrogens with one attached hydrogen (secondary N) is 1. The molecule has 4 heteroatoms. The molecule has 1 aliphatic heterocycles. The number of fused-ring (bicyclic) bond motifs is 1. The molecule has 3 rings (SSSR count). The van der Waals surface area contributed by atoms with Gasteiger partial charge >= 0.3 is 0 Å². The Morgan fingerprint density at radius 3 is 2.80 bits per heavy atom. The van der Waals surface area contributed by atoms with Gasteiger partial charge in [-0.2, -0.15) is 0 Å². The quantitative estimate of drug-likeness (QED) is 0.863. The Labute approximate surface area is 125 Å². The van der Waals surface area contributed by atoms with Crippen LogP contribution in [0.3, 0.4) is 0 Å². The van der Waals surface area contributed by atoms with Crippen molar-refractivity contribution in [2.45, 2.75) is 44.9 Å². The fourth-order valence-corrected chi connectivity index (χ4v) is 4.38. The van der Waals surface area contributed by atoms with E-state index in [4.69, 9.17) is 0 Å². The molecule has 0 unspecified atom stereocenters. The first kappa shape index (κ1) is 14.1. The molecule has 2 heterocycles. The van der Waals surface area contributed by atoms with Crippen LogP contribution < -0.4 is 5.32 Å². The molecule has 1 N–H and O–H groups in total. The third-order valence-electron chi connectivity index (χ3n) is 4.33. The lowest BCUT2D eigenvalue weighted by molar-refractivity contribution is 0.0771. The minimum absolute atomic E-state index is 0.255. The molecule has 0 saturated carbocycles. The first-order chi connectivity index (χ1) is 9.84. The van der Waals surface area contributed by atoms with Gasteiger partial charge in [-0.1, -0.05) is 12.8 Å². The zero-order valence-corrected chi connectivity index (χ0v) is 12.9. The smallest absolute Gasteiger partial charge is 0.263 e. The van der Waals surface area contributed by atoms with E-state index in [1.165, 1.54) is 49.0 Å². The van der Waals surface area contributed by atoms with Crippen LogP contribution in [0, 0.1) is 0 Å². The number of rotatable bonds is 1. The van der Waals surface area contributed by atoms with Crippen molar-refractivity contribution < 1.29 is 4.79 Å². The van der Waals surface area contributed by atoms with Gasteiger partial charge in [0.1, 0.15) is 0 Å². The monoisotopic (exact) mass is 292 g/mol. The van der Waals surface area contributed by atoms with Crippen LogP contribution in [0.15, 0.2) is 6.07 Å². The average molecular weight is 292 g/mol. The Balaban J connectivity index is 1.75. The van der Waals surface area contributed by atoms with Gasteiger partial charge in [0.2, 0.25) is 0 Å². The predicted molar refractivity (Wildman–Crippen MR) is 83.6 cm³/mol. The molecule has 20 heavy (non-hydrogen) atoms. The van der Waals surface area contributed by atoms with Crippen molar-refractivity contribution in [3.8, 4) is 0 Å². The zero-order valence-electron chi connectivity index (χ0n) is 12.1. The number of amides is 1. The Bertz CT molecular complexity index is 436. The molecule has 0 atom stereocenters. The third kappa shape index (κ3) is 3.23. The maximum absolute atomic E-state index is 12.7. The molecule has 1 aromatic heterocycles. The second kappa shape index (κ2) is 6.72. The summed E-state index contributed by atoms with van der Waals surface area (Å²) in [7, 11) is 0. The van der Waals surface area contributed by atoms with E-state index in [0.29, 0.717) is 0 Å². The highest BCUT2D eigenvalue weighted by atomic mass is 32.1. The summed E-state index contributed by atoms with van der Waals surface area (Å²) in [5, 5.41) is 3.36. The van der Waals surface area contributed by atoms with E-state index in [-0.39, 0.29) is 5.91 Å². The van der Waals surface area contributed by atoms with E-state index in [1.54, 1.807) is 11.3 Å². The number of carbonyl (C=O) groups excluding carboxylic acids is 1. The summed E-state index contributed by atoms with van der Waals surface area (Å²) >= 11 is 1.75. The van der Waals surface area contributed by atoms with E-state index in [2.05, 4.69) is 11.4 Å². The Hall–Kier alpha value is -0.870. The van der Waals surface area contributed by atoms with Crippen LogP contribution in [0.1, 0.15) is 52.2 Å². The van der Waals surface area contributed by atoms with Gasteiger partial charge in [0.05, 0.1) is 4.88 Å². The number of hydrogen-bond acceptors (Lipinski definition) is 3. The number of hydrogen-bond donors (Lipinski definition) is 1. The minimum atomic E-state index is 0.255. The van der Waals surface area contributed by atoms with Crippen molar-refractivity contribution in [2.75, 3.05) is 26.2 Å². The Morgan fingerprint density at radius 2 is 1.90 bits per heavy atom. The lowest BCUT2D eigenvalue weighted by Gasteiger charge is -2.18. The Morgan fingerprint density at radius 1 is 1.05 bits per heavy atom. The lowest BCUT2D eigenvalue weighted by Crippen LogP contribution is -2.33. The number of aryl methyl sites for hydroxylation is 2. The van der Waals surface area contributed by atoms with E-state index in [0.717, 1.165) is 37.5 Å². The highest BCUT2D eigenvalue weighted by Crippen LogP contribution is 2.29. The summed E-state index contributed by atoms with van der Waals surface area (Å²) in [6, 6.07) is 2.19. The van der Waals surface area contributed by atoms with Crippen LogP contribution in [0.5, 0.6) is 0 Å². The van der Waals surface area contributed by atoms with Crippen LogP contribution in [-0.4, -0.2) is 37.0 Å². The molecule has 0 aromatic carbocycles. The van der Waals surface area contributed by atoms with E-state index in [9.17, 15) is 4.79 Å². The van der Waals surface area contributed by atoms with Crippen molar-refractivity contribution in [1.82, 2.24) is 10.2 Å². The number of thiophene rings is 1. The summed E-state index contributed by atoms with van der Waals surface area (Å²) in [6.45, 7) is 3.71. The topological polar surface area (TPSA) is 32.3 Å². The van der Waals surface area contributed by atoms with Crippen molar-refractivity contribution in [3.63, 3.8) is 0 Å². The van der Waals surface area contributed by atoms with Crippen molar-refractivity contribution in [3.05, 3.63) is 21.4 Å². The molecule has 0 spiro atoms. The van der Waals surface area contributed by atoms with Gasteiger partial charge in [-0.05, 0) is 50.3 Å². The first-order valence-corrected chi connectivity index (χ1v) is 8.78. The fourth-order valence-electron chi connectivity index (χ4n) is 3.15. The van der Waals surface area contributed by atoms with Gasteiger partial charge < -0.3 is 10.2 Å². The Kier molecular flexibility index (Phi) is 4.73. The maximum atomic E-state index is 12.7. The van der Waals surface area contributed by atoms with Crippen molar-refractivity contribution in [2.24, 2.45) is 0 Å². The third-order valence-corrected chi connectivity index (χ3v) is 5.56. The highest BCUT2D eigenvalue weighted by molar-refractivity contribution is 7.14. The summed E-state index contributed by atoms with van der Waals surface area (Å²) in [6.07, 6.45) is 8.67. The van der Waals surface area contributed by atoms with Crippen LogP contribution in [0.25, 0.3) is 0 Å². The number of carbonyl (C=O) groups is 1. The molecule has 1 aliphatic carbocycles.